The van der Waals surface area contributed by atoms with Gasteiger partial charge in [0.2, 0.25) is 0 Å². The number of likely N-dealkylation sites (tertiary alicyclic amines) is 1. The highest BCUT2D eigenvalue weighted by molar-refractivity contribution is 7.15. The molecule has 0 amide bonds. The van der Waals surface area contributed by atoms with Gasteiger partial charge in [-0.05, 0) is 50.2 Å². The monoisotopic (exact) mass is 339 g/mol. The summed E-state index contributed by atoms with van der Waals surface area (Å²) in [7, 11) is 0. The smallest absolute Gasteiger partial charge is 0.191 e. The average molecular weight is 339 g/mol. The SMILES string of the molecule is c1ccc(-c2nc(-c3ccc(CN4CCCCCC4)s3)n[nH]2)nc1. The lowest BCUT2D eigenvalue weighted by Crippen LogP contribution is -2.23. The van der Waals surface area contributed by atoms with Crippen molar-refractivity contribution < 1.29 is 0 Å². The number of hydrogen-bond acceptors (Lipinski definition) is 5. The van der Waals surface area contributed by atoms with E-state index in [1.54, 1.807) is 17.5 Å². The fourth-order valence-corrected chi connectivity index (χ4v) is 4.07. The van der Waals surface area contributed by atoms with Crippen molar-refractivity contribution in [3.05, 3.63) is 41.4 Å². The van der Waals surface area contributed by atoms with Crippen LogP contribution in [0.25, 0.3) is 22.2 Å². The number of nitrogens with zero attached hydrogens (tertiary/aromatic N) is 4. The van der Waals surface area contributed by atoms with Crippen molar-refractivity contribution >= 4 is 11.3 Å². The molecule has 3 aromatic heterocycles. The van der Waals surface area contributed by atoms with Crippen LogP contribution in [0.2, 0.25) is 0 Å². The van der Waals surface area contributed by atoms with Gasteiger partial charge < -0.3 is 0 Å². The van der Waals surface area contributed by atoms with Gasteiger partial charge in [-0.15, -0.1) is 11.3 Å². The zero-order valence-electron chi connectivity index (χ0n) is 13.6. The molecule has 124 valence electrons. The molecule has 4 heterocycles. The van der Waals surface area contributed by atoms with Gasteiger partial charge in [0.15, 0.2) is 11.6 Å². The fraction of sp³-hybridized carbons (Fsp3) is 0.389. The lowest BCUT2D eigenvalue weighted by atomic mass is 10.2. The van der Waals surface area contributed by atoms with Gasteiger partial charge in [0.05, 0.1) is 4.88 Å². The molecule has 5 nitrogen and oxygen atoms in total. The molecule has 0 unspecified atom stereocenters. The molecule has 0 bridgehead atoms. The Morgan fingerprint density at radius 3 is 2.71 bits per heavy atom. The Kier molecular flexibility index (Phi) is 4.66. The first-order valence-corrected chi connectivity index (χ1v) is 9.35. The minimum Gasteiger partial charge on any atom is -0.298 e. The van der Waals surface area contributed by atoms with Crippen LogP contribution < -0.4 is 0 Å². The van der Waals surface area contributed by atoms with Crippen LogP contribution in [0.15, 0.2) is 36.5 Å². The summed E-state index contributed by atoms with van der Waals surface area (Å²) >= 11 is 1.79. The van der Waals surface area contributed by atoms with Crippen LogP contribution in [0, 0.1) is 0 Å². The van der Waals surface area contributed by atoms with Crippen LogP contribution in [0.1, 0.15) is 30.6 Å². The van der Waals surface area contributed by atoms with E-state index in [2.05, 4.69) is 37.2 Å². The number of pyridine rings is 1. The first kappa shape index (κ1) is 15.5. The zero-order chi connectivity index (χ0) is 16.2. The Morgan fingerprint density at radius 1 is 1.04 bits per heavy atom. The highest BCUT2D eigenvalue weighted by Crippen LogP contribution is 2.28. The molecule has 24 heavy (non-hydrogen) atoms. The van der Waals surface area contributed by atoms with Crippen molar-refractivity contribution in [1.29, 1.82) is 0 Å². The van der Waals surface area contributed by atoms with Crippen LogP contribution in [0.5, 0.6) is 0 Å². The lowest BCUT2D eigenvalue weighted by molar-refractivity contribution is 0.279. The highest BCUT2D eigenvalue weighted by atomic mass is 32.1. The molecule has 0 aliphatic carbocycles. The van der Waals surface area contributed by atoms with Crippen molar-refractivity contribution in [3.63, 3.8) is 0 Å². The Bertz CT molecular complexity index is 772. The van der Waals surface area contributed by atoms with Crippen LogP contribution in [0.4, 0.5) is 0 Å². The van der Waals surface area contributed by atoms with Crippen LogP contribution in [0.3, 0.4) is 0 Å². The number of thiophene rings is 1. The predicted molar refractivity (Wildman–Crippen MR) is 96.7 cm³/mol. The van der Waals surface area contributed by atoms with Gasteiger partial charge >= 0.3 is 0 Å². The predicted octanol–water partition coefficient (Wildman–Crippen LogP) is 3.97. The maximum atomic E-state index is 4.59. The number of H-pyrrole nitrogens is 1. The van der Waals surface area contributed by atoms with Gasteiger partial charge in [-0.3, -0.25) is 15.0 Å². The molecule has 4 rings (SSSR count). The Hall–Kier alpha value is -2.05. The molecule has 1 fully saturated rings. The molecule has 0 spiro atoms. The highest BCUT2D eigenvalue weighted by Gasteiger charge is 2.14. The molecule has 3 aromatic rings. The van der Waals surface area contributed by atoms with Crippen molar-refractivity contribution in [2.75, 3.05) is 13.1 Å². The second-order valence-electron chi connectivity index (χ2n) is 6.18. The largest absolute Gasteiger partial charge is 0.298 e. The Balaban J connectivity index is 1.47. The number of rotatable bonds is 4. The maximum absolute atomic E-state index is 4.59. The summed E-state index contributed by atoms with van der Waals surface area (Å²) in [6, 6.07) is 10.1. The normalized spacial score (nSPS) is 16.2. The van der Waals surface area contributed by atoms with Crippen molar-refractivity contribution in [2.45, 2.75) is 32.2 Å². The van der Waals surface area contributed by atoms with Gasteiger partial charge in [0.1, 0.15) is 5.69 Å². The van der Waals surface area contributed by atoms with E-state index in [1.165, 1.54) is 43.6 Å². The maximum Gasteiger partial charge on any atom is 0.191 e. The fourth-order valence-electron chi connectivity index (χ4n) is 3.09. The third-order valence-electron chi connectivity index (χ3n) is 4.35. The summed E-state index contributed by atoms with van der Waals surface area (Å²) in [5, 5.41) is 7.35. The molecule has 1 saturated heterocycles. The molecule has 1 aliphatic heterocycles. The molecular weight excluding hydrogens is 318 g/mol. The van der Waals surface area contributed by atoms with Gasteiger partial charge in [-0.25, -0.2) is 4.98 Å². The average Bonchev–Trinajstić information content (AvgIpc) is 3.21. The van der Waals surface area contributed by atoms with Crippen LogP contribution in [-0.2, 0) is 6.54 Å². The molecule has 0 atom stereocenters. The van der Waals surface area contributed by atoms with Crippen LogP contribution in [-0.4, -0.2) is 38.2 Å². The lowest BCUT2D eigenvalue weighted by Gasteiger charge is -2.18. The molecule has 6 heteroatoms. The van der Waals surface area contributed by atoms with E-state index < -0.39 is 0 Å². The van der Waals surface area contributed by atoms with Crippen molar-refractivity contribution in [2.24, 2.45) is 0 Å². The topological polar surface area (TPSA) is 57.7 Å². The van der Waals surface area contributed by atoms with Gasteiger partial charge in [0, 0.05) is 17.6 Å². The molecule has 1 N–H and O–H groups in total. The summed E-state index contributed by atoms with van der Waals surface area (Å²) in [6.07, 6.45) is 7.17. The van der Waals surface area contributed by atoms with Gasteiger partial charge in [-0.2, -0.15) is 5.10 Å². The quantitative estimate of drug-likeness (QED) is 0.781. The number of hydrogen-bond donors (Lipinski definition) is 1. The number of aromatic amines is 1. The second-order valence-corrected chi connectivity index (χ2v) is 7.35. The number of nitrogens with one attached hydrogen (secondary N) is 1. The summed E-state index contributed by atoms with van der Waals surface area (Å²) in [5.74, 6) is 1.47. The van der Waals surface area contributed by atoms with E-state index in [0.717, 1.165) is 22.9 Å². The van der Waals surface area contributed by atoms with Crippen LogP contribution >= 0.6 is 11.3 Å². The second kappa shape index (κ2) is 7.23. The molecule has 0 aromatic carbocycles. The van der Waals surface area contributed by atoms with Crippen molar-refractivity contribution in [3.8, 4) is 22.2 Å². The minimum atomic E-state index is 0.716. The first-order chi connectivity index (χ1) is 11.9. The molecule has 1 aliphatic rings. The molecule has 0 radical (unpaired) electrons. The van der Waals surface area contributed by atoms with E-state index in [1.807, 2.05) is 18.2 Å². The Morgan fingerprint density at radius 2 is 1.92 bits per heavy atom. The van der Waals surface area contributed by atoms with Gasteiger partial charge in [-0.1, -0.05) is 18.9 Å². The zero-order valence-corrected chi connectivity index (χ0v) is 14.4. The van der Waals surface area contributed by atoms with E-state index in [9.17, 15) is 0 Å². The molecule has 0 saturated carbocycles. The minimum absolute atomic E-state index is 0.716. The summed E-state index contributed by atoms with van der Waals surface area (Å²) in [5.41, 5.74) is 0.817. The van der Waals surface area contributed by atoms with E-state index in [0.29, 0.717) is 5.82 Å². The standard InChI is InChI=1S/C18H21N5S/c1-2-6-12-23(11-5-1)13-14-8-9-16(24-14)18-20-17(21-22-18)15-7-3-4-10-19-15/h3-4,7-10H,1-2,5-6,11-13H2,(H,20,21,22). The van der Waals surface area contributed by atoms with Crippen molar-refractivity contribution in [1.82, 2.24) is 25.1 Å². The molecular formula is C18H21N5S. The van der Waals surface area contributed by atoms with E-state index >= 15 is 0 Å². The summed E-state index contributed by atoms with van der Waals surface area (Å²) in [6.45, 7) is 3.48. The Labute approximate surface area is 145 Å². The third kappa shape index (κ3) is 3.55. The van der Waals surface area contributed by atoms with E-state index in [4.69, 9.17) is 0 Å². The van der Waals surface area contributed by atoms with Gasteiger partial charge in [0.25, 0.3) is 0 Å². The summed E-state index contributed by atoms with van der Waals surface area (Å²) < 4.78 is 0. The third-order valence-corrected chi connectivity index (χ3v) is 5.42. The first-order valence-electron chi connectivity index (χ1n) is 8.54. The number of aromatic nitrogens is 4. The summed E-state index contributed by atoms with van der Waals surface area (Å²) in [4.78, 5) is 14.0. The van der Waals surface area contributed by atoms with E-state index in [-0.39, 0.29) is 0 Å².